The molecule has 250 valence electrons. The second-order valence-corrected chi connectivity index (χ2v) is 13.4. The van der Waals surface area contributed by atoms with Crippen LogP contribution in [0.15, 0.2) is 121 Å². The van der Waals surface area contributed by atoms with Gasteiger partial charge in [0.25, 0.3) is 0 Å². The van der Waals surface area contributed by atoms with Crippen molar-refractivity contribution in [1.82, 2.24) is 16.0 Å². The van der Waals surface area contributed by atoms with Crippen LogP contribution in [0.4, 0.5) is 4.79 Å². The van der Waals surface area contributed by atoms with Crippen LogP contribution in [-0.4, -0.2) is 59.0 Å². The number of carbonyl (C=O) groups excluding carboxylic acids is 3. The van der Waals surface area contributed by atoms with Gasteiger partial charge in [-0.15, -0.1) is 11.8 Å². The Morgan fingerprint density at radius 1 is 0.667 bits per heavy atom. The zero-order chi connectivity index (χ0) is 34.6. The number of amides is 3. The van der Waals surface area contributed by atoms with Gasteiger partial charge < -0.3 is 25.8 Å². The molecule has 0 heterocycles. The first-order valence-electron chi connectivity index (χ1n) is 15.6. The van der Waals surface area contributed by atoms with Crippen LogP contribution < -0.4 is 16.0 Å². The molecule has 4 N–H and O–H groups in total. The van der Waals surface area contributed by atoms with Crippen molar-refractivity contribution in [3.05, 3.63) is 144 Å². The van der Waals surface area contributed by atoms with E-state index in [2.05, 4.69) is 16.0 Å². The SMILES string of the molecule is CC(C)(C)OC(=O)N[C@H](CSC(c1ccccc1)(c1ccccc1)c1ccccc1)C(=O)N[C@@H](Cc1ccccc1)C(=O)NCC(=O)O. The van der Waals surface area contributed by atoms with E-state index in [1.165, 1.54) is 11.8 Å². The Kier molecular flexibility index (Phi) is 12.4. The minimum atomic E-state index is -1.21. The lowest BCUT2D eigenvalue weighted by molar-refractivity contribution is -0.138. The van der Waals surface area contributed by atoms with Gasteiger partial charge in [0.05, 0.1) is 4.75 Å². The van der Waals surface area contributed by atoms with E-state index < -0.39 is 52.9 Å². The number of aliphatic carboxylic acids is 1. The fourth-order valence-electron chi connectivity index (χ4n) is 5.23. The van der Waals surface area contributed by atoms with Crippen LogP contribution in [0.25, 0.3) is 0 Å². The number of hydrogen-bond donors (Lipinski definition) is 4. The third-order valence-corrected chi connectivity index (χ3v) is 8.98. The van der Waals surface area contributed by atoms with Crippen molar-refractivity contribution in [2.24, 2.45) is 0 Å². The van der Waals surface area contributed by atoms with Crippen molar-refractivity contribution in [3.8, 4) is 0 Å². The molecule has 0 aliphatic rings. The van der Waals surface area contributed by atoms with Crippen molar-refractivity contribution >= 4 is 35.6 Å². The molecule has 0 aromatic heterocycles. The fraction of sp³-hybridized carbons (Fsp3) is 0.263. The standard InChI is InChI=1S/C38H41N3O6S/c1-37(2,3)47-36(46)41-32(35(45)40-31(34(44)39-25-33(42)43)24-27-16-8-4-9-17-27)26-48-38(28-18-10-5-11-19-28,29-20-12-6-13-21-29)30-22-14-7-15-23-30/h4-23,31-32H,24-26H2,1-3H3,(H,39,44)(H,40,45)(H,41,46)(H,42,43)/t31-,32+/m0/s1. The molecule has 0 saturated heterocycles. The van der Waals surface area contributed by atoms with Crippen LogP contribution in [0.5, 0.6) is 0 Å². The van der Waals surface area contributed by atoms with Gasteiger partial charge in [-0.1, -0.05) is 121 Å². The summed E-state index contributed by atoms with van der Waals surface area (Å²) >= 11 is 1.47. The molecule has 2 atom stereocenters. The van der Waals surface area contributed by atoms with E-state index in [1.54, 1.807) is 20.8 Å². The van der Waals surface area contributed by atoms with Crippen LogP contribution in [-0.2, 0) is 30.3 Å². The third kappa shape index (κ3) is 9.95. The molecule has 48 heavy (non-hydrogen) atoms. The van der Waals surface area contributed by atoms with Gasteiger partial charge in [0.2, 0.25) is 11.8 Å². The van der Waals surface area contributed by atoms with Crippen molar-refractivity contribution in [3.63, 3.8) is 0 Å². The molecule has 0 unspecified atom stereocenters. The maximum absolute atomic E-state index is 14.1. The number of hydrogen-bond acceptors (Lipinski definition) is 6. The molecule has 0 radical (unpaired) electrons. The average molecular weight is 668 g/mol. The molecule has 4 aromatic carbocycles. The highest BCUT2D eigenvalue weighted by Crippen LogP contribution is 2.48. The van der Waals surface area contributed by atoms with E-state index in [0.717, 1.165) is 22.3 Å². The van der Waals surface area contributed by atoms with Gasteiger partial charge >= 0.3 is 12.1 Å². The van der Waals surface area contributed by atoms with Gasteiger partial charge in [-0.3, -0.25) is 14.4 Å². The van der Waals surface area contributed by atoms with E-state index in [-0.39, 0.29) is 12.2 Å². The van der Waals surface area contributed by atoms with E-state index in [4.69, 9.17) is 9.84 Å². The van der Waals surface area contributed by atoms with E-state index >= 15 is 0 Å². The van der Waals surface area contributed by atoms with Gasteiger partial charge in [0.15, 0.2) is 0 Å². The van der Waals surface area contributed by atoms with E-state index in [0.29, 0.717) is 0 Å². The lowest BCUT2D eigenvalue weighted by atomic mass is 9.84. The largest absolute Gasteiger partial charge is 0.480 e. The summed E-state index contributed by atoms with van der Waals surface area (Å²) in [5.41, 5.74) is 2.85. The van der Waals surface area contributed by atoms with Gasteiger partial charge in [-0.25, -0.2) is 4.79 Å². The number of carbonyl (C=O) groups is 4. The van der Waals surface area contributed by atoms with Crippen molar-refractivity contribution in [2.45, 2.75) is 49.6 Å². The number of rotatable bonds is 14. The molecule has 10 heteroatoms. The van der Waals surface area contributed by atoms with Crippen LogP contribution in [0.2, 0.25) is 0 Å². The Morgan fingerprint density at radius 3 is 1.56 bits per heavy atom. The third-order valence-electron chi connectivity index (χ3n) is 7.34. The summed E-state index contributed by atoms with van der Waals surface area (Å²) in [5.74, 6) is -2.42. The van der Waals surface area contributed by atoms with Crippen molar-refractivity contribution in [2.75, 3.05) is 12.3 Å². The Balaban J connectivity index is 1.72. The predicted octanol–water partition coefficient (Wildman–Crippen LogP) is 5.53. The van der Waals surface area contributed by atoms with Gasteiger partial charge in [-0.2, -0.15) is 0 Å². The van der Waals surface area contributed by atoms with Crippen molar-refractivity contribution in [1.29, 1.82) is 0 Å². The Morgan fingerprint density at radius 2 is 1.12 bits per heavy atom. The molecule has 3 amide bonds. The summed E-state index contributed by atoms with van der Waals surface area (Å²) in [5, 5.41) is 17.1. The number of ether oxygens (including phenoxy) is 1. The van der Waals surface area contributed by atoms with Crippen LogP contribution >= 0.6 is 11.8 Å². The molecule has 4 rings (SSSR count). The second-order valence-electron chi connectivity index (χ2n) is 12.2. The smallest absolute Gasteiger partial charge is 0.408 e. The number of thioether (sulfide) groups is 1. The number of nitrogens with one attached hydrogen (secondary N) is 3. The number of alkyl carbamates (subject to hydrolysis) is 1. The molecule has 4 aromatic rings. The molecule has 9 nitrogen and oxygen atoms in total. The molecule has 0 bridgehead atoms. The van der Waals surface area contributed by atoms with Gasteiger partial charge in [0.1, 0.15) is 24.2 Å². The van der Waals surface area contributed by atoms with Gasteiger partial charge in [-0.05, 0) is 43.0 Å². The fourth-order valence-corrected chi connectivity index (χ4v) is 6.79. The molecular formula is C38H41N3O6S. The highest BCUT2D eigenvalue weighted by atomic mass is 32.2. The van der Waals surface area contributed by atoms with Crippen LogP contribution in [0.3, 0.4) is 0 Å². The second kappa shape index (κ2) is 16.6. The minimum absolute atomic E-state index is 0.0819. The topological polar surface area (TPSA) is 134 Å². The van der Waals surface area contributed by atoms with Crippen molar-refractivity contribution < 1.29 is 29.0 Å². The maximum Gasteiger partial charge on any atom is 0.408 e. The molecule has 0 spiro atoms. The number of carboxylic acids is 1. The maximum atomic E-state index is 14.1. The molecular weight excluding hydrogens is 627 g/mol. The summed E-state index contributed by atoms with van der Waals surface area (Å²) in [6.07, 6.45) is -0.685. The van der Waals surface area contributed by atoms with Crippen LogP contribution in [0.1, 0.15) is 43.0 Å². The summed E-state index contributed by atoms with van der Waals surface area (Å²) in [6.45, 7) is 4.57. The highest BCUT2D eigenvalue weighted by Gasteiger charge is 2.39. The molecule has 0 aliphatic heterocycles. The molecule has 0 aliphatic carbocycles. The lowest BCUT2D eigenvalue weighted by Crippen LogP contribution is -2.56. The first-order valence-corrected chi connectivity index (χ1v) is 16.6. The monoisotopic (exact) mass is 667 g/mol. The summed E-state index contributed by atoms with van der Waals surface area (Å²) in [6, 6.07) is 36.6. The average Bonchev–Trinajstić information content (AvgIpc) is 3.07. The van der Waals surface area contributed by atoms with Gasteiger partial charge in [0, 0.05) is 12.2 Å². The Bertz CT molecular complexity index is 1550. The lowest BCUT2D eigenvalue weighted by Gasteiger charge is -2.36. The quantitative estimate of drug-likeness (QED) is 0.130. The Hall–Kier alpha value is -5.09. The highest BCUT2D eigenvalue weighted by molar-refractivity contribution is 8.00. The summed E-state index contributed by atoms with van der Waals surface area (Å²) < 4.78 is 4.74. The number of carboxylic acid groups (broad SMARTS) is 1. The zero-order valence-electron chi connectivity index (χ0n) is 27.2. The normalized spacial score (nSPS) is 12.6. The molecule has 0 fully saturated rings. The van der Waals surface area contributed by atoms with E-state index in [9.17, 15) is 19.2 Å². The summed E-state index contributed by atoms with van der Waals surface area (Å²) in [7, 11) is 0. The minimum Gasteiger partial charge on any atom is -0.480 e. The first kappa shape index (κ1) is 35.8. The zero-order valence-corrected chi connectivity index (χ0v) is 28.0. The predicted molar refractivity (Wildman–Crippen MR) is 188 cm³/mol. The number of benzene rings is 4. The summed E-state index contributed by atoms with van der Waals surface area (Å²) in [4.78, 5) is 51.7. The van der Waals surface area contributed by atoms with E-state index in [1.807, 2.05) is 121 Å². The Labute approximate surface area is 285 Å². The van der Waals surface area contributed by atoms with Crippen LogP contribution in [0, 0.1) is 0 Å². The first-order chi connectivity index (χ1) is 23.0. The molecule has 0 saturated carbocycles.